The number of amides is 4. The molecule has 1 saturated heterocycles. The molecule has 1 saturated carbocycles. The minimum Gasteiger partial charge on any atom is -0.320 e. The summed E-state index contributed by atoms with van der Waals surface area (Å²) < 4.78 is 0. The number of carbonyl (C=O) groups excluding carboxylic acids is 3. The number of aryl methyl sites for hydroxylation is 1. The summed E-state index contributed by atoms with van der Waals surface area (Å²) in [5, 5.41) is 14.4. The predicted octanol–water partition coefficient (Wildman–Crippen LogP) is 1.77. The van der Waals surface area contributed by atoms with Crippen LogP contribution in [0.2, 0.25) is 0 Å². The highest BCUT2D eigenvalue weighted by Gasteiger charge is 2.56. The summed E-state index contributed by atoms with van der Waals surface area (Å²) in [5.41, 5.74) is 0. The van der Waals surface area contributed by atoms with Crippen LogP contribution in [0.1, 0.15) is 31.2 Å². The lowest BCUT2D eigenvalue weighted by Crippen LogP contribution is -2.43. The van der Waals surface area contributed by atoms with E-state index in [1.165, 1.54) is 16.2 Å². The molecule has 8 nitrogen and oxygen atoms in total. The summed E-state index contributed by atoms with van der Waals surface area (Å²) in [6, 6.07) is -0.499. The van der Waals surface area contributed by atoms with Crippen molar-refractivity contribution in [1.29, 1.82) is 0 Å². The summed E-state index contributed by atoms with van der Waals surface area (Å²) >= 11 is 1.32. The van der Waals surface area contributed by atoms with E-state index < -0.39 is 6.03 Å². The summed E-state index contributed by atoms with van der Waals surface area (Å²) in [5.74, 6) is -0.537. The van der Waals surface area contributed by atoms with Crippen LogP contribution in [-0.4, -0.2) is 39.6 Å². The number of nitrogens with zero attached hydrogens (tertiary/aromatic N) is 3. The molecule has 0 radical (unpaired) electrons. The zero-order valence-electron chi connectivity index (χ0n) is 14.5. The summed E-state index contributed by atoms with van der Waals surface area (Å²) in [4.78, 5) is 38.6. The van der Waals surface area contributed by atoms with Gasteiger partial charge in [0.1, 0.15) is 11.7 Å². The molecule has 4 amide bonds. The van der Waals surface area contributed by atoms with Crippen molar-refractivity contribution in [1.82, 2.24) is 20.4 Å². The number of rotatable bonds is 5. The Kier molecular flexibility index (Phi) is 4.47. The van der Waals surface area contributed by atoms with Gasteiger partial charge in [0.25, 0.3) is 0 Å². The van der Waals surface area contributed by atoms with Gasteiger partial charge >= 0.3 is 6.03 Å². The fraction of sp³-hybridized carbons (Fsp3) is 0.588. The van der Waals surface area contributed by atoms with Crippen molar-refractivity contribution in [2.24, 2.45) is 23.7 Å². The van der Waals surface area contributed by atoms with E-state index in [-0.39, 0.29) is 42.2 Å². The number of aromatic nitrogens is 2. The predicted molar refractivity (Wildman–Crippen MR) is 95.1 cm³/mol. The second-order valence-electron chi connectivity index (χ2n) is 6.99. The lowest BCUT2D eigenvalue weighted by Gasteiger charge is -2.38. The van der Waals surface area contributed by atoms with Gasteiger partial charge in [-0.05, 0) is 31.1 Å². The third-order valence-electron chi connectivity index (χ3n) is 5.40. The SMILES string of the molecule is CCCc1nnc(NC(=O)NCN2C(=O)C3C4C=CC(CC4)C3C2=O)s1. The molecule has 5 rings (SSSR count). The molecule has 1 aliphatic heterocycles. The Labute approximate surface area is 155 Å². The third kappa shape index (κ3) is 2.90. The van der Waals surface area contributed by atoms with Crippen molar-refractivity contribution in [3.63, 3.8) is 0 Å². The standard InChI is InChI=1S/C17H21N5O3S/c1-2-3-11-20-21-17(26-11)19-16(25)18-8-22-14(23)12-9-4-5-10(7-6-9)13(12)15(22)24/h4-5,9-10,12-13H,2-3,6-8H2,1H3,(H2,18,19,21,25). The first kappa shape index (κ1) is 17.1. The lowest BCUT2D eigenvalue weighted by atomic mass is 9.63. The largest absolute Gasteiger partial charge is 0.322 e. The topological polar surface area (TPSA) is 104 Å². The number of hydrogen-bond donors (Lipinski definition) is 2. The minimum atomic E-state index is -0.499. The molecule has 9 heteroatoms. The Balaban J connectivity index is 1.35. The van der Waals surface area contributed by atoms with E-state index in [0.29, 0.717) is 5.13 Å². The van der Waals surface area contributed by atoms with Crippen LogP contribution in [0.25, 0.3) is 0 Å². The van der Waals surface area contributed by atoms with Crippen molar-refractivity contribution < 1.29 is 14.4 Å². The maximum absolute atomic E-state index is 12.7. The van der Waals surface area contributed by atoms with Crippen LogP contribution in [0.3, 0.4) is 0 Å². The Hall–Kier alpha value is -2.29. The number of allylic oxidation sites excluding steroid dienone is 2. The van der Waals surface area contributed by atoms with Crippen LogP contribution in [0.4, 0.5) is 9.93 Å². The number of carbonyl (C=O) groups is 3. The molecule has 1 aromatic heterocycles. The Bertz CT molecular complexity index is 744. The van der Waals surface area contributed by atoms with Gasteiger partial charge in [-0.25, -0.2) is 4.79 Å². The zero-order chi connectivity index (χ0) is 18.3. The number of anilines is 1. The molecule has 4 unspecified atom stereocenters. The van der Waals surface area contributed by atoms with E-state index >= 15 is 0 Å². The van der Waals surface area contributed by atoms with Crippen molar-refractivity contribution >= 4 is 34.3 Å². The summed E-state index contributed by atoms with van der Waals surface area (Å²) in [7, 11) is 0. The Morgan fingerprint density at radius 2 is 1.85 bits per heavy atom. The highest BCUT2D eigenvalue weighted by atomic mass is 32.1. The second-order valence-corrected chi connectivity index (χ2v) is 8.05. The van der Waals surface area contributed by atoms with Gasteiger partial charge in [0.15, 0.2) is 0 Å². The highest BCUT2D eigenvalue weighted by molar-refractivity contribution is 7.15. The average Bonchev–Trinajstić information content (AvgIpc) is 3.19. The first-order chi connectivity index (χ1) is 12.6. The third-order valence-corrected chi connectivity index (χ3v) is 6.30. The number of imide groups is 1. The van der Waals surface area contributed by atoms with Crippen molar-refractivity contribution in [2.45, 2.75) is 32.6 Å². The molecule has 4 atom stereocenters. The van der Waals surface area contributed by atoms with Gasteiger partial charge in [0.05, 0.1) is 11.8 Å². The number of fused-ring (bicyclic) bond motifs is 1. The highest BCUT2D eigenvalue weighted by Crippen LogP contribution is 2.49. The summed E-state index contributed by atoms with van der Waals surface area (Å²) in [6.07, 6.45) is 7.84. The molecule has 2 bridgehead atoms. The van der Waals surface area contributed by atoms with E-state index in [1.54, 1.807) is 0 Å². The molecule has 1 aromatic rings. The Morgan fingerprint density at radius 1 is 1.19 bits per heavy atom. The molecule has 138 valence electrons. The van der Waals surface area contributed by atoms with Gasteiger partial charge in [0, 0.05) is 6.42 Å². The average molecular weight is 375 g/mol. The molecule has 2 N–H and O–H groups in total. The van der Waals surface area contributed by atoms with Crippen LogP contribution in [0.5, 0.6) is 0 Å². The molecule has 2 heterocycles. The van der Waals surface area contributed by atoms with E-state index in [0.717, 1.165) is 30.7 Å². The first-order valence-electron chi connectivity index (χ1n) is 8.99. The fourth-order valence-electron chi connectivity index (χ4n) is 4.20. The molecule has 0 aromatic carbocycles. The van der Waals surface area contributed by atoms with Crippen molar-refractivity contribution in [3.8, 4) is 0 Å². The fourth-order valence-corrected chi connectivity index (χ4v) is 5.04. The molecule has 3 aliphatic carbocycles. The molecular weight excluding hydrogens is 354 g/mol. The number of likely N-dealkylation sites (tertiary alicyclic amines) is 1. The van der Waals surface area contributed by atoms with E-state index in [2.05, 4.69) is 33.0 Å². The minimum absolute atomic E-state index is 0.115. The van der Waals surface area contributed by atoms with Gasteiger partial charge in [-0.15, -0.1) is 10.2 Å². The van der Waals surface area contributed by atoms with Crippen LogP contribution in [-0.2, 0) is 16.0 Å². The smallest absolute Gasteiger partial charge is 0.320 e. The number of nitrogens with one attached hydrogen (secondary N) is 2. The van der Waals surface area contributed by atoms with Gasteiger partial charge in [-0.2, -0.15) is 0 Å². The molecule has 26 heavy (non-hydrogen) atoms. The maximum Gasteiger partial charge on any atom is 0.322 e. The van der Waals surface area contributed by atoms with Gasteiger partial charge < -0.3 is 5.32 Å². The first-order valence-corrected chi connectivity index (χ1v) is 9.81. The molecule has 4 aliphatic rings. The number of hydrogen-bond acceptors (Lipinski definition) is 6. The normalized spacial score (nSPS) is 29.2. The van der Waals surface area contributed by atoms with Gasteiger partial charge in [-0.1, -0.05) is 30.4 Å². The van der Waals surface area contributed by atoms with Crippen LogP contribution in [0.15, 0.2) is 12.2 Å². The van der Waals surface area contributed by atoms with E-state index in [9.17, 15) is 14.4 Å². The van der Waals surface area contributed by atoms with Crippen LogP contribution in [0, 0.1) is 23.7 Å². The Morgan fingerprint density at radius 3 is 2.42 bits per heavy atom. The summed E-state index contributed by atoms with van der Waals surface area (Å²) in [6.45, 7) is 1.93. The zero-order valence-corrected chi connectivity index (χ0v) is 15.3. The number of urea groups is 1. The molecule has 2 fully saturated rings. The molecular formula is C17H21N5O3S. The lowest BCUT2D eigenvalue weighted by molar-refractivity contribution is -0.140. The van der Waals surface area contributed by atoms with Gasteiger partial charge in [-0.3, -0.25) is 19.8 Å². The quantitative estimate of drug-likeness (QED) is 0.603. The van der Waals surface area contributed by atoms with Crippen LogP contribution >= 0.6 is 11.3 Å². The van der Waals surface area contributed by atoms with E-state index in [4.69, 9.17) is 0 Å². The van der Waals surface area contributed by atoms with Crippen LogP contribution < -0.4 is 10.6 Å². The monoisotopic (exact) mass is 375 g/mol. The second kappa shape index (κ2) is 6.79. The van der Waals surface area contributed by atoms with Crippen molar-refractivity contribution in [2.75, 3.05) is 12.0 Å². The molecule has 0 spiro atoms. The van der Waals surface area contributed by atoms with Gasteiger partial charge in [0.2, 0.25) is 16.9 Å². The van der Waals surface area contributed by atoms with Crippen molar-refractivity contribution in [3.05, 3.63) is 17.2 Å². The van der Waals surface area contributed by atoms with E-state index in [1.807, 2.05) is 6.92 Å². The maximum atomic E-state index is 12.7.